The van der Waals surface area contributed by atoms with E-state index < -0.39 is 11.7 Å². The van der Waals surface area contributed by atoms with E-state index in [4.69, 9.17) is 22.1 Å². The lowest BCUT2D eigenvalue weighted by Crippen LogP contribution is -2.32. The van der Waals surface area contributed by atoms with Crippen molar-refractivity contribution in [2.45, 2.75) is 45.9 Å². The molecule has 1 atom stereocenters. The summed E-state index contributed by atoms with van der Waals surface area (Å²) in [4.78, 5) is 11.6. The normalized spacial score (nSPS) is 12.9. The highest BCUT2D eigenvalue weighted by Gasteiger charge is 2.16. The van der Waals surface area contributed by atoms with Gasteiger partial charge in [0.1, 0.15) is 5.60 Å². The van der Waals surface area contributed by atoms with E-state index >= 15 is 0 Å². The van der Waals surface area contributed by atoms with Gasteiger partial charge in [-0.1, -0.05) is 17.7 Å². The Morgan fingerprint density at radius 3 is 2.63 bits per heavy atom. The van der Waals surface area contributed by atoms with Crippen LogP contribution in [-0.4, -0.2) is 11.7 Å². The Balaban J connectivity index is 2.70. The number of alkyl carbamates (subject to hydrolysis) is 1. The zero-order chi connectivity index (χ0) is 14.6. The Morgan fingerprint density at radius 1 is 1.47 bits per heavy atom. The van der Waals surface area contributed by atoms with Gasteiger partial charge in [0.25, 0.3) is 0 Å². The lowest BCUT2D eigenvalue weighted by Gasteiger charge is -2.20. The number of amides is 1. The molecular formula is C14H21ClN2O2. The lowest BCUT2D eigenvalue weighted by atomic mass is 10.0. The van der Waals surface area contributed by atoms with Gasteiger partial charge < -0.3 is 15.8 Å². The van der Waals surface area contributed by atoms with Crippen molar-refractivity contribution in [2.24, 2.45) is 5.73 Å². The first-order valence-electron chi connectivity index (χ1n) is 6.20. The Morgan fingerprint density at radius 2 is 2.11 bits per heavy atom. The monoisotopic (exact) mass is 284 g/mol. The van der Waals surface area contributed by atoms with Crippen LogP contribution < -0.4 is 11.1 Å². The quantitative estimate of drug-likeness (QED) is 0.894. The van der Waals surface area contributed by atoms with E-state index in [9.17, 15) is 4.79 Å². The summed E-state index contributed by atoms with van der Waals surface area (Å²) in [5, 5.41) is 3.34. The average Bonchev–Trinajstić information content (AvgIpc) is 2.24. The molecule has 1 aromatic rings. The third-order valence-electron chi connectivity index (χ3n) is 2.42. The molecule has 106 valence electrons. The molecule has 0 fully saturated rings. The molecule has 0 radical (unpaired) electrons. The van der Waals surface area contributed by atoms with Crippen molar-refractivity contribution < 1.29 is 9.53 Å². The fraction of sp³-hybridized carbons (Fsp3) is 0.500. The highest BCUT2D eigenvalue weighted by atomic mass is 35.5. The highest BCUT2D eigenvalue weighted by Crippen LogP contribution is 2.21. The summed E-state index contributed by atoms with van der Waals surface area (Å²) in [5.74, 6) is 0. The van der Waals surface area contributed by atoms with Crippen LogP contribution in [0.2, 0.25) is 5.02 Å². The first kappa shape index (κ1) is 15.8. The Bertz CT molecular complexity index is 453. The summed E-state index contributed by atoms with van der Waals surface area (Å²) in [6, 6.07) is 5.31. The second-order valence-corrected chi connectivity index (χ2v) is 5.92. The molecular weight excluding hydrogens is 264 g/mol. The van der Waals surface area contributed by atoms with E-state index in [1.807, 2.05) is 39.8 Å². The smallest absolute Gasteiger partial charge is 0.407 e. The van der Waals surface area contributed by atoms with E-state index in [2.05, 4.69) is 5.32 Å². The van der Waals surface area contributed by atoms with Crippen LogP contribution in [0.15, 0.2) is 18.2 Å². The summed E-state index contributed by atoms with van der Waals surface area (Å²) in [5.41, 5.74) is 7.24. The Labute approximate surface area is 119 Å². The number of hydrogen-bond acceptors (Lipinski definition) is 3. The molecule has 0 aliphatic carbocycles. The van der Waals surface area contributed by atoms with Crippen molar-refractivity contribution in [1.82, 2.24) is 5.32 Å². The number of carbonyl (C=O) groups excluding carboxylic acids is 1. The fourth-order valence-corrected chi connectivity index (χ4v) is 1.81. The number of nitrogens with two attached hydrogens (primary N) is 1. The molecule has 0 aliphatic rings. The SMILES string of the molecule is C[C@@H](N)c1cc(Cl)ccc1CNC(=O)OC(C)(C)C. The predicted molar refractivity (Wildman–Crippen MR) is 77.1 cm³/mol. The Kier molecular flexibility index (Phi) is 5.20. The van der Waals surface area contributed by atoms with Crippen LogP contribution >= 0.6 is 11.6 Å². The van der Waals surface area contributed by atoms with E-state index in [1.165, 1.54) is 0 Å². The topological polar surface area (TPSA) is 64.3 Å². The number of benzene rings is 1. The molecule has 19 heavy (non-hydrogen) atoms. The molecule has 0 aromatic heterocycles. The van der Waals surface area contributed by atoms with Crippen LogP contribution in [0.5, 0.6) is 0 Å². The second kappa shape index (κ2) is 6.26. The average molecular weight is 285 g/mol. The lowest BCUT2D eigenvalue weighted by molar-refractivity contribution is 0.0523. The maximum atomic E-state index is 11.6. The van der Waals surface area contributed by atoms with Gasteiger partial charge in [0, 0.05) is 17.6 Å². The number of rotatable bonds is 3. The van der Waals surface area contributed by atoms with E-state index in [0.29, 0.717) is 11.6 Å². The van der Waals surface area contributed by atoms with Crippen molar-refractivity contribution in [3.63, 3.8) is 0 Å². The van der Waals surface area contributed by atoms with Gasteiger partial charge in [-0.15, -0.1) is 0 Å². The molecule has 0 saturated heterocycles. The minimum Gasteiger partial charge on any atom is -0.444 e. The van der Waals surface area contributed by atoms with Gasteiger partial charge in [0.15, 0.2) is 0 Å². The third-order valence-corrected chi connectivity index (χ3v) is 2.66. The van der Waals surface area contributed by atoms with Gasteiger partial charge in [0.2, 0.25) is 0 Å². The van der Waals surface area contributed by atoms with Crippen LogP contribution in [0.1, 0.15) is 44.9 Å². The van der Waals surface area contributed by atoms with Gasteiger partial charge in [-0.3, -0.25) is 0 Å². The zero-order valence-electron chi connectivity index (χ0n) is 11.8. The highest BCUT2D eigenvalue weighted by molar-refractivity contribution is 6.30. The van der Waals surface area contributed by atoms with Gasteiger partial charge >= 0.3 is 6.09 Å². The van der Waals surface area contributed by atoms with E-state index in [-0.39, 0.29) is 6.04 Å². The number of hydrogen-bond donors (Lipinski definition) is 2. The van der Waals surface area contributed by atoms with Gasteiger partial charge in [0.05, 0.1) is 0 Å². The molecule has 0 spiro atoms. The van der Waals surface area contributed by atoms with Crippen LogP contribution in [-0.2, 0) is 11.3 Å². The van der Waals surface area contributed by atoms with Gasteiger partial charge in [-0.05, 0) is 51.0 Å². The van der Waals surface area contributed by atoms with Crippen molar-refractivity contribution in [3.05, 3.63) is 34.3 Å². The minimum absolute atomic E-state index is 0.144. The summed E-state index contributed by atoms with van der Waals surface area (Å²) in [6.45, 7) is 7.71. The van der Waals surface area contributed by atoms with Crippen LogP contribution in [0.3, 0.4) is 0 Å². The standard InChI is InChI=1S/C14H21ClN2O2/c1-9(16)12-7-11(15)6-5-10(12)8-17-13(18)19-14(2,3)4/h5-7,9H,8,16H2,1-4H3,(H,17,18)/t9-/m1/s1. The molecule has 0 heterocycles. The molecule has 1 amide bonds. The largest absolute Gasteiger partial charge is 0.444 e. The Hall–Kier alpha value is -1.26. The molecule has 4 nitrogen and oxygen atoms in total. The zero-order valence-corrected chi connectivity index (χ0v) is 12.5. The van der Waals surface area contributed by atoms with E-state index in [0.717, 1.165) is 11.1 Å². The van der Waals surface area contributed by atoms with E-state index in [1.54, 1.807) is 6.07 Å². The molecule has 0 aliphatic heterocycles. The van der Waals surface area contributed by atoms with Crippen molar-refractivity contribution in [2.75, 3.05) is 0 Å². The molecule has 1 aromatic carbocycles. The first-order valence-corrected chi connectivity index (χ1v) is 6.57. The molecule has 0 unspecified atom stereocenters. The number of nitrogens with one attached hydrogen (secondary N) is 1. The number of carbonyl (C=O) groups is 1. The minimum atomic E-state index is -0.506. The first-order chi connectivity index (χ1) is 8.69. The number of ether oxygens (including phenoxy) is 1. The number of halogens is 1. The van der Waals surface area contributed by atoms with Gasteiger partial charge in [-0.2, -0.15) is 0 Å². The predicted octanol–water partition coefficient (Wildman–Crippen LogP) is 3.38. The molecule has 5 heteroatoms. The van der Waals surface area contributed by atoms with Crippen LogP contribution in [0.25, 0.3) is 0 Å². The summed E-state index contributed by atoms with van der Waals surface area (Å²) in [6.07, 6.45) is -0.446. The maximum Gasteiger partial charge on any atom is 0.407 e. The molecule has 1 rings (SSSR count). The van der Waals surface area contributed by atoms with Gasteiger partial charge in [-0.25, -0.2) is 4.79 Å². The van der Waals surface area contributed by atoms with Crippen molar-refractivity contribution >= 4 is 17.7 Å². The maximum absolute atomic E-state index is 11.6. The van der Waals surface area contributed by atoms with Crippen molar-refractivity contribution in [1.29, 1.82) is 0 Å². The molecule has 3 N–H and O–H groups in total. The molecule has 0 bridgehead atoms. The fourth-order valence-electron chi connectivity index (χ4n) is 1.63. The summed E-state index contributed by atoms with van der Waals surface area (Å²) in [7, 11) is 0. The summed E-state index contributed by atoms with van der Waals surface area (Å²) >= 11 is 5.94. The summed E-state index contributed by atoms with van der Waals surface area (Å²) < 4.78 is 5.18. The van der Waals surface area contributed by atoms with Crippen LogP contribution in [0.4, 0.5) is 4.79 Å². The van der Waals surface area contributed by atoms with Crippen molar-refractivity contribution in [3.8, 4) is 0 Å². The van der Waals surface area contributed by atoms with Crippen LogP contribution in [0, 0.1) is 0 Å². The second-order valence-electron chi connectivity index (χ2n) is 5.49. The third kappa shape index (κ3) is 5.49. The molecule has 0 saturated carbocycles.